The number of hydrogen-bond donors (Lipinski definition) is 1. The molecule has 0 radical (unpaired) electrons. The van der Waals surface area contributed by atoms with Gasteiger partial charge in [0.15, 0.2) is 0 Å². The van der Waals surface area contributed by atoms with Crippen LogP contribution in [0.1, 0.15) is 104 Å². The molecule has 0 aromatic carbocycles. The van der Waals surface area contributed by atoms with Crippen LogP contribution in [0.4, 0.5) is 0 Å². The Morgan fingerprint density at radius 3 is 1.79 bits per heavy atom. The van der Waals surface area contributed by atoms with Gasteiger partial charge in [0, 0.05) is 0 Å². The van der Waals surface area contributed by atoms with Gasteiger partial charge in [0.2, 0.25) is 0 Å². The van der Waals surface area contributed by atoms with Crippen LogP contribution in [0.25, 0.3) is 0 Å². The lowest BCUT2D eigenvalue weighted by Gasteiger charge is -2.06. The Kier molecular flexibility index (Phi) is 17.9. The summed E-state index contributed by atoms with van der Waals surface area (Å²) in [5.74, 6) is -0.289. The third kappa shape index (κ3) is 17.5. The van der Waals surface area contributed by atoms with Crippen LogP contribution in [0.15, 0.2) is 12.2 Å². The van der Waals surface area contributed by atoms with E-state index in [1.807, 2.05) is 0 Å². The molecular formula is C21H41NO2. The highest BCUT2D eigenvalue weighted by Gasteiger charge is 2.07. The summed E-state index contributed by atoms with van der Waals surface area (Å²) in [6, 6.07) is -0.501. The molecule has 0 rings (SSSR count). The molecule has 0 saturated carbocycles. The van der Waals surface area contributed by atoms with Gasteiger partial charge < -0.3 is 10.5 Å². The van der Waals surface area contributed by atoms with Crippen molar-refractivity contribution in [2.24, 2.45) is 5.73 Å². The molecule has 0 fully saturated rings. The molecule has 0 saturated heterocycles. The number of carbonyl (C=O) groups is 1. The second-order valence-corrected chi connectivity index (χ2v) is 6.89. The zero-order valence-corrected chi connectivity index (χ0v) is 16.2. The van der Waals surface area contributed by atoms with Gasteiger partial charge in [-0.2, -0.15) is 0 Å². The highest BCUT2D eigenvalue weighted by atomic mass is 16.5. The summed E-state index contributed by atoms with van der Waals surface area (Å²) in [5, 5.41) is 0. The van der Waals surface area contributed by atoms with Gasteiger partial charge in [-0.05, 0) is 39.0 Å². The van der Waals surface area contributed by atoms with E-state index >= 15 is 0 Å². The number of allylic oxidation sites excluding steroid dienone is 2. The standard InChI is InChI=1S/C21H41NO2/c1-3-4-5-6-7-8-9-10-11-12-13-14-15-16-17-18-19-24-21(23)20(2)22/h10-11,20H,3-9,12-19,22H2,1-2H3/t20-/m0/s1. The van der Waals surface area contributed by atoms with Gasteiger partial charge in [-0.25, -0.2) is 0 Å². The molecule has 0 heterocycles. The molecule has 2 N–H and O–H groups in total. The summed E-state index contributed by atoms with van der Waals surface area (Å²) < 4.78 is 5.05. The molecule has 24 heavy (non-hydrogen) atoms. The molecular weight excluding hydrogens is 298 g/mol. The minimum absolute atomic E-state index is 0.289. The zero-order valence-electron chi connectivity index (χ0n) is 16.2. The van der Waals surface area contributed by atoms with Crippen LogP contribution in [0.2, 0.25) is 0 Å². The first-order valence-electron chi connectivity index (χ1n) is 10.3. The molecule has 1 atom stereocenters. The van der Waals surface area contributed by atoms with Gasteiger partial charge >= 0.3 is 5.97 Å². The fourth-order valence-electron chi connectivity index (χ4n) is 2.65. The Morgan fingerprint density at radius 2 is 1.29 bits per heavy atom. The number of nitrogens with two attached hydrogens (primary N) is 1. The number of carbonyl (C=O) groups excluding carboxylic acids is 1. The summed E-state index contributed by atoms with van der Waals surface area (Å²) in [6.07, 6.45) is 22.7. The number of hydrogen-bond acceptors (Lipinski definition) is 3. The molecule has 0 aliphatic heterocycles. The quantitative estimate of drug-likeness (QED) is 0.203. The molecule has 0 aromatic rings. The Bertz CT molecular complexity index is 300. The van der Waals surface area contributed by atoms with E-state index in [0.29, 0.717) is 6.61 Å². The summed E-state index contributed by atoms with van der Waals surface area (Å²) in [6.45, 7) is 4.44. The largest absolute Gasteiger partial charge is 0.465 e. The van der Waals surface area contributed by atoms with Gasteiger partial charge in [-0.3, -0.25) is 4.79 Å². The SMILES string of the molecule is CCCCCCCCC=CCCCCCCCCOC(=O)[C@H](C)N. The van der Waals surface area contributed by atoms with Crippen molar-refractivity contribution < 1.29 is 9.53 Å². The van der Waals surface area contributed by atoms with E-state index in [1.54, 1.807) is 6.92 Å². The Balaban J connectivity index is 3.14. The maximum absolute atomic E-state index is 11.1. The van der Waals surface area contributed by atoms with Crippen molar-refractivity contribution in [3.8, 4) is 0 Å². The van der Waals surface area contributed by atoms with Crippen LogP contribution in [0.5, 0.6) is 0 Å². The highest BCUT2D eigenvalue weighted by molar-refractivity contribution is 5.74. The minimum atomic E-state index is -0.501. The lowest BCUT2D eigenvalue weighted by molar-refractivity contribution is -0.144. The van der Waals surface area contributed by atoms with Gasteiger partial charge in [-0.15, -0.1) is 0 Å². The second-order valence-electron chi connectivity index (χ2n) is 6.89. The normalized spacial score (nSPS) is 12.6. The average molecular weight is 340 g/mol. The van der Waals surface area contributed by atoms with E-state index in [0.717, 1.165) is 12.8 Å². The summed E-state index contributed by atoms with van der Waals surface area (Å²) >= 11 is 0. The Hall–Kier alpha value is -0.830. The monoisotopic (exact) mass is 339 g/mol. The van der Waals surface area contributed by atoms with Gasteiger partial charge in [-0.1, -0.05) is 76.9 Å². The van der Waals surface area contributed by atoms with Gasteiger partial charge in [0.1, 0.15) is 6.04 Å². The molecule has 0 aliphatic carbocycles. The first kappa shape index (κ1) is 23.2. The number of ether oxygens (including phenoxy) is 1. The summed E-state index contributed by atoms with van der Waals surface area (Å²) in [5.41, 5.74) is 5.43. The molecule has 0 unspecified atom stereocenters. The van der Waals surface area contributed by atoms with Gasteiger partial charge in [0.05, 0.1) is 6.61 Å². The van der Waals surface area contributed by atoms with E-state index in [4.69, 9.17) is 10.5 Å². The van der Waals surface area contributed by atoms with E-state index in [-0.39, 0.29) is 5.97 Å². The molecule has 0 aliphatic rings. The molecule has 3 nitrogen and oxygen atoms in total. The van der Waals surface area contributed by atoms with Crippen molar-refractivity contribution in [3.05, 3.63) is 12.2 Å². The van der Waals surface area contributed by atoms with Crippen molar-refractivity contribution in [2.75, 3.05) is 6.61 Å². The van der Waals surface area contributed by atoms with Gasteiger partial charge in [0.25, 0.3) is 0 Å². The predicted octanol–water partition coefficient (Wildman–Crippen LogP) is 5.91. The molecule has 0 aromatic heterocycles. The number of unbranched alkanes of at least 4 members (excludes halogenated alkanes) is 12. The lowest BCUT2D eigenvalue weighted by atomic mass is 10.1. The predicted molar refractivity (Wildman–Crippen MR) is 104 cm³/mol. The summed E-state index contributed by atoms with van der Waals surface area (Å²) in [4.78, 5) is 11.1. The summed E-state index contributed by atoms with van der Waals surface area (Å²) in [7, 11) is 0. The number of esters is 1. The van der Waals surface area contributed by atoms with Crippen LogP contribution in [0.3, 0.4) is 0 Å². The minimum Gasteiger partial charge on any atom is -0.465 e. The van der Waals surface area contributed by atoms with Crippen LogP contribution in [0, 0.1) is 0 Å². The van der Waals surface area contributed by atoms with E-state index in [1.165, 1.54) is 77.0 Å². The topological polar surface area (TPSA) is 52.3 Å². The third-order valence-corrected chi connectivity index (χ3v) is 4.27. The van der Waals surface area contributed by atoms with Crippen molar-refractivity contribution >= 4 is 5.97 Å². The lowest BCUT2D eigenvalue weighted by Crippen LogP contribution is -2.28. The first-order valence-corrected chi connectivity index (χ1v) is 10.3. The number of rotatable bonds is 17. The van der Waals surface area contributed by atoms with Crippen LogP contribution >= 0.6 is 0 Å². The van der Waals surface area contributed by atoms with Crippen molar-refractivity contribution in [3.63, 3.8) is 0 Å². The molecule has 0 amide bonds. The molecule has 0 bridgehead atoms. The van der Waals surface area contributed by atoms with E-state index < -0.39 is 6.04 Å². The van der Waals surface area contributed by atoms with E-state index in [2.05, 4.69) is 19.1 Å². The maximum Gasteiger partial charge on any atom is 0.322 e. The molecule has 142 valence electrons. The maximum atomic E-state index is 11.1. The van der Waals surface area contributed by atoms with Crippen LogP contribution in [-0.2, 0) is 9.53 Å². The zero-order chi connectivity index (χ0) is 17.9. The van der Waals surface area contributed by atoms with Crippen molar-refractivity contribution in [2.45, 2.75) is 110 Å². The Morgan fingerprint density at radius 1 is 0.833 bits per heavy atom. The average Bonchev–Trinajstić information content (AvgIpc) is 2.57. The van der Waals surface area contributed by atoms with Crippen molar-refractivity contribution in [1.29, 1.82) is 0 Å². The molecule has 0 spiro atoms. The fraction of sp³-hybridized carbons (Fsp3) is 0.857. The smallest absolute Gasteiger partial charge is 0.322 e. The Labute approximate surface area is 150 Å². The van der Waals surface area contributed by atoms with Crippen LogP contribution < -0.4 is 5.73 Å². The van der Waals surface area contributed by atoms with Crippen LogP contribution in [-0.4, -0.2) is 18.6 Å². The second kappa shape index (κ2) is 18.5. The molecule has 3 heteroatoms. The fourth-order valence-corrected chi connectivity index (χ4v) is 2.65. The van der Waals surface area contributed by atoms with Crippen molar-refractivity contribution in [1.82, 2.24) is 0 Å². The van der Waals surface area contributed by atoms with E-state index in [9.17, 15) is 4.79 Å². The highest BCUT2D eigenvalue weighted by Crippen LogP contribution is 2.10. The third-order valence-electron chi connectivity index (χ3n) is 4.27. The first-order chi connectivity index (χ1) is 11.7.